The van der Waals surface area contributed by atoms with Crippen LogP contribution in [0, 0.1) is 25.7 Å². The van der Waals surface area contributed by atoms with Crippen LogP contribution >= 0.6 is 11.6 Å². The Morgan fingerprint density at radius 3 is 1.50 bits per heavy atom. The fourth-order valence-electron chi connectivity index (χ4n) is 1.54. The van der Waals surface area contributed by atoms with Crippen molar-refractivity contribution in [2.75, 3.05) is 19.1 Å². The van der Waals surface area contributed by atoms with E-state index in [1.807, 2.05) is 0 Å². The van der Waals surface area contributed by atoms with Crippen molar-refractivity contribution < 1.29 is 4.74 Å². The first kappa shape index (κ1) is 25.7. The van der Waals surface area contributed by atoms with Gasteiger partial charge in [0.1, 0.15) is 0 Å². The lowest BCUT2D eigenvalue weighted by molar-refractivity contribution is 0.114. The first-order chi connectivity index (χ1) is 11.3. The summed E-state index contributed by atoms with van der Waals surface area (Å²) in [6.45, 7) is 17.1. The Balaban J connectivity index is 0. The maximum absolute atomic E-state index is 5.46. The van der Waals surface area contributed by atoms with Gasteiger partial charge in [0.2, 0.25) is 0 Å². The number of ether oxygens (including phenoxy) is 1. The minimum absolute atomic E-state index is 0.772. The van der Waals surface area contributed by atoms with Crippen LogP contribution in [0.2, 0.25) is 0 Å². The predicted octanol–water partition coefficient (Wildman–Crippen LogP) is 7.42. The molecule has 1 aromatic rings. The molecule has 2 heteroatoms. The van der Waals surface area contributed by atoms with E-state index in [0.29, 0.717) is 0 Å². The molecule has 0 aliphatic heterocycles. The number of unbranched alkanes of at least 4 members (excludes halogenated alkanes) is 1. The highest BCUT2D eigenvalue weighted by Crippen LogP contribution is 2.03. The summed E-state index contributed by atoms with van der Waals surface area (Å²) < 4.78 is 5.46. The van der Waals surface area contributed by atoms with E-state index in [1.165, 1.54) is 30.4 Å². The lowest BCUT2D eigenvalue weighted by Crippen LogP contribution is -2.02. The summed E-state index contributed by atoms with van der Waals surface area (Å²) in [6, 6.07) is 8.36. The monoisotopic (exact) mass is 356 g/mol. The minimum atomic E-state index is 0.772. The van der Waals surface area contributed by atoms with Gasteiger partial charge in [0, 0.05) is 19.1 Å². The summed E-state index contributed by atoms with van der Waals surface area (Å²) in [7, 11) is 0. The Morgan fingerprint density at radius 2 is 1.29 bits per heavy atom. The predicted molar refractivity (Wildman–Crippen MR) is 111 cm³/mol. The van der Waals surface area contributed by atoms with Gasteiger partial charge in [0.25, 0.3) is 0 Å². The van der Waals surface area contributed by atoms with Crippen molar-refractivity contribution in [1.29, 1.82) is 0 Å². The SMILES string of the molecule is CC(C)CCOCCC(C)C.CCCCCl.Cc1ccccc1C. The van der Waals surface area contributed by atoms with Crippen molar-refractivity contribution in [3.8, 4) is 0 Å². The van der Waals surface area contributed by atoms with E-state index in [4.69, 9.17) is 16.3 Å². The number of halogens is 1. The molecule has 1 rings (SSSR count). The first-order valence-corrected chi connectivity index (χ1v) is 10.0. The Morgan fingerprint density at radius 1 is 0.875 bits per heavy atom. The van der Waals surface area contributed by atoms with Gasteiger partial charge in [-0.2, -0.15) is 0 Å². The molecule has 0 N–H and O–H groups in total. The van der Waals surface area contributed by atoms with Crippen molar-refractivity contribution in [3.05, 3.63) is 35.4 Å². The number of aryl methyl sites for hydroxylation is 2. The molecule has 0 bridgehead atoms. The van der Waals surface area contributed by atoms with E-state index >= 15 is 0 Å². The van der Waals surface area contributed by atoms with Gasteiger partial charge >= 0.3 is 0 Å². The van der Waals surface area contributed by atoms with Gasteiger partial charge < -0.3 is 4.74 Å². The number of hydrogen-bond donors (Lipinski definition) is 0. The van der Waals surface area contributed by atoms with E-state index in [2.05, 4.69) is 72.7 Å². The third kappa shape index (κ3) is 21.5. The lowest BCUT2D eigenvalue weighted by atomic mass is 10.1. The Kier molecular flexibility index (Phi) is 20.1. The van der Waals surface area contributed by atoms with Crippen LogP contribution in [0.15, 0.2) is 24.3 Å². The fourth-order valence-corrected chi connectivity index (χ4v) is 1.80. The number of rotatable bonds is 8. The van der Waals surface area contributed by atoms with E-state index < -0.39 is 0 Å². The first-order valence-electron chi connectivity index (χ1n) is 9.50. The van der Waals surface area contributed by atoms with Crippen LogP contribution in [-0.4, -0.2) is 19.1 Å². The Labute approximate surface area is 157 Å². The van der Waals surface area contributed by atoms with E-state index in [9.17, 15) is 0 Å². The van der Waals surface area contributed by atoms with Crippen molar-refractivity contribution in [3.63, 3.8) is 0 Å². The van der Waals surface area contributed by atoms with Crippen molar-refractivity contribution >= 4 is 11.6 Å². The van der Waals surface area contributed by atoms with Crippen LogP contribution in [0.4, 0.5) is 0 Å². The number of benzene rings is 1. The van der Waals surface area contributed by atoms with Gasteiger partial charge in [-0.15, -0.1) is 11.6 Å². The molecular formula is C22H41ClO. The van der Waals surface area contributed by atoms with Crippen molar-refractivity contribution in [1.82, 2.24) is 0 Å². The van der Waals surface area contributed by atoms with Gasteiger partial charge in [-0.3, -0.25) is 0 Å². The van der Waals surface area contributed by atoms with Crippen LogP contribution in [0.1, 0.15) is 71.4 Å². The fraction of sp³-hybridized carbons (Fsp3) is 0.727. The molecule has 0 aromatic heterocycles. The Bertz CT molecular complexity index is 328. The lowest BCUT2D eigenvalue weighted by Gasteiger charge is -2.07. The molecule has 0 amide bonds. The highest BCUT2D eigenvalue weighted by atomic mass is 35.5. The van der Waals surface area contributed by atoms with Gasteiger partial charge in [0.05, 0.1) is 0 Å². The highest BCUT2D eigenvalue weighted by molar-refractivity contribution is 6.17. The molecule has 1 nitrogen and oxygen atoms in total. The van der Waals surface area contributed by atoms with E-state index in [-0.39, 0.29) is 0 Å². The Hall–Kier alpha value is -0.530. The molecule has 0 heterocycles. The molecule has 0 atom stereocenters. The molecule has 0 spiro atoms. The minimum Gasteiger partial charge on any atom is -0.381 e. The second-order valence-corrected chi connectivity index (χ2v) is 7.48. The summed E-state index contributed by atoms with van der Waals surface area (Å²) >= 11 is 5.30. The van der Waals surface area contributed by atoms with Gasteiger partial charge in [-0.1, -0.05) is 65.3 Å². The van der Waals surface area contributed by atoms with Crippen LogP contribution in [0.5, 0.6) is 0 Å². The number of alkyl halides is 1. The summed E-state index contributed by atoms with van der Waals surface area (Å²) in [6.07, 6.45) is 4.75. The second-order valence-electron chi connectivity index (χ2n) is 7.10. The second kappa shape index (κ2) is 18.8. The third-order valence-corrected chi connectivity index (χ3v) is 3.86. The third-order valence-electron chi connectivity index (χ3n) is 3.59. The molecule has 0 radical (unpaired) electrons. The molecule has 0 unspecified atom stereocenters. The quantitative estimate of drug-likeness (QED) is 0.347. The summed E-state index contributed by atoms with van der Waals surface area (Å²) in [5, 5.41) is 0. The van der Waals surface area contributed by atoms with Gasteiger partial charge in [-0.05, 0) is 56.1 Å². The summed E-state index contributed by atoms with van der Waals surface area (Å²) in [5.74, 6) is 2.36. The molecule has 142 valence electrons. The largest absolute Gasteiger partial charge is 0.381 e. The summed E-state index contributed by atoms with van der Waals surface area (Å²) in [5.41, 5.74) is 2.74. The van der Waals surface area contributed by atoms with Crippen LogP contribution in [-0.2, 0) is 4.74 Å². The molecule has 0 fully saturated rings. The molecule has 0 saturated heterocycles. The summed E-state index contributed by atoms with van der Waals surface area (Å²) in [4.78, 5) is 0. The van der Waals surface area contributed by atoms with E-state index in [0.717, 1.165) is 37.4 Å². The van der Waals surface area contributed by atoms with Crippen molar-refractivity contribution in [2.45, 2.75) is 74.1 Å². The van der Waals surface area contributed by atoms with Gasteiger partial charge in [-0.25, -0.2) is 0 Å². The number of hydrogen-bond acceptors (Lipinski definition) is 1. The maximum Gasteiger partial charge on any atom is 0.0468 e. The zero-order valence-corrected chi connectivity index (χ0v) is 18.0. The zero-order chi connectivity index (χ0) is 18.8. The van der Waals surface area contributed by atoms with Gasteiger partial charge in [0.15, 0.2) is 0 Å². The molecule has 0 aliphatic carbocycles. The topological polar surface area (TPSA) is 9.23 Å². The normalized spacial score (nSPS) is 10.1. The van der Waals surface area contributed by atoms with E-state index in [1.54, 1.807) is 0 Å². The zero-order valence-electron chi connectivity index (χ0n) is 17.2. The highest BCUT2D eigenvalue weighted by Gasteiger charge is 1.95. The molecule has 24 heavy (non-hydrogen) atoms. The standard InChI is InChI=1S/C10H22O.C8H10.C4H9Cl/c1-9(2)5-7-11-8-6-10(3)4;1-7-5-3-4-6-8(7)2;1-2-3-4-5/h9-10H,5-8H2,1-4H3;3-6H,1-2H3;2-4H2,1H3. The maximum atomic E-state index is 5.46. The molecule has 1 aromatic carbocycles. The molecular weight excluding hydrogens is 316 g/mol. The van der Waals surface area contributed by atoms with Crippen LogP contribution in [0.25, 0.3) is 0 Å². The van der Waals surface area contributed by atoms with Crippen LogP contribution < -0.4 is 0 Å². The average molecular weight is 357 g/mol. The molecule has 0 saturated carbocycles. The average Bonchev–Trinajstić information content (AvgIpc) is 2.51. The van der Waals surface area contributed by atoms with Crippen LogP contribution in [0.3, 0.4) is 0 Å². The van der Waals surface area contributed by atoms with Crippen molar-refractivity contribution in [2.24, 2.45) is 11.8 Å². The smallest absolute Gasteiger partial charge is 0.0468 e. The molecule has 0 aliphatic rings.